The Morgan fingerprint density at radius 2 is 2.17 bits per heavy atom. The van der Waals surface area contributed by atoms with Crippen LogP contribution in [0.25, 0.3) is 5.52 Å². The van der Waals surface area contributed by atoms with Crippen LogP contribution in [0.3, 0.4) is 0 Å². The number of aromatic nitrogens is 3. The van der Waals surface area contributed by atoms with Crippen molar-refractivity contribution in [3.05, 3.63) is 24.2 Å². The number of nitrogens with two attached hydrogens (primary N) is 1. The maximum absolute atomic E-state index is 9.29. The highest BCUT2D eigenvalue weighted by molar-refractivity contribution is 5.65. The Labute approximate surface area is 138 Å². The number of ether oxygens (including phenoxy) is 1. The molecule has 1 aliphatic heterocycles. The van der Waals surface area contributed by atoms with E-state index >= 15 is 0 Å². The first-order chi connectivity index (χ1) is 11.2. The minimum absolute atomic E-state index is 0.274. The number of aliphatic hydroxyl groups is 3. The van der Waals surface area contributed by atoms with E-state index in [4.69, 9.17) is 25.9 Å². The van der Waals surface area contributed by atoms with E-state index in [-0.39, 0.29) is 12.7 Å². The fourth-order valence-corrected chi connectivity index (χ4v) is 2.41. The zero-order chi connectivity index (χ0) is 18.0. The molecule has 5 N–H and O–H groups in total. The van der Waals surface area contributed by atoms with Gasteiger partial charge in [0.05, 0.1) is 12.3 Å². The number of hydrogen-bond acceptors (Lipinski definition) is 8. The number of aliphatic hydroxyl groups excluding tert-OH is 1. The van der Waals surface area contributed by atoms with E-state index in [1.165, 1.54) is 20.2 Å². The summed E-state index contributed by atoms with van der Waals surface area (Å²) in [6.45, 7) is 2.29. The fraction of sp³-hybridized carbons (Fsp3) is 0.533. The monoisotopic (exact) mass is 335 g/mol. The van der Waals surface area contributed by atoms with Gasteiger partial charge in [-0.15, -0.1) is 0 Å². The molecule has 2 atom stereocenters. The summed E-state index contributed by atoms with van der Waals surface area (Å²) >= 11 is 0. The summed E-state index contributed by atoms with van der Waals surface area (Å²) < 4.78 is 7.37. The molecule has 0 aliphatic carbocycles. The molecule has 1 saturated heterocycles. The third kappa shape index (κ3) is 3.98. The fourth-order valence-electron chi connectivity index (χ4n) is 2.41. The van der Waals surface area contributed by atoms with Gasteiger partial charge in [-0.1, -0.05) is 0 Å². The van der Waals surface area contributed by atoms with Crippen LogP contribution in [0.1, 0.15) is 38.5 Å². The standard InChI is InChI=1S/C12H13N5O2.C3H8O2/c13-5-12(6-18)4-3-10(19-12)8-1-2-9-11(14)15-7-16-17(8)9;1-3(2,4)5/h1-2,7,10,18H,3-4,6H2,(H2,14,15,16);4-5H,1-2H3/t10?,12-;/m1./s1. The maximum Gasteiger partial charge on any atom is 0.177 e. The van der Waals surface area contributed by atoms with Crippen molar-refractivity contribution in [2.45, 2.75) is 44.2 Å². The smallest absolute Gasteiger partial charge is 0.177 e. The molecule has 1 aliphatic rings. The summed E-state index contributed by atoms with van der Waals surface area (Å²) in [5.74, 6) is -1.10. The van der Waals surface area contributed by atoms with Crippen LogP contribution >= 0.6 is 0 Å². The van der Waals surface area contributed by atoms with Gasteiger partial charge in [-0.25, -0.2) is 9.50 Å². The van der Waals surface area contributed by atoms with E-state index in [1.54, 1.807) is 4.52 Å². The predicted molar refractivity (Wildman–Crippen MR) is 84.4 cm³/mol. The van der Waals surface area contributed by atoms with Crippen molar-refractivity contribution in [3.8, 4) is 6.07 Å². The molecule has 0 spiro atoms. The van der Waals surface area contributed by atoms with E-state index in [9.17, 15) is 5.11 Å². The molecule has 2 aromatic heterocycles. The molecular formula is C15H21N5O4. The van der Waals surface area contributed by atoms with Crippen LogP contribution in [-0.4, -0.2) is 47.9 Å². The Morgan fingerprint density at radius 3 is 2.71 bits per heavy atom. The van der Waals surface area contributed by atoms with Gasteiger partial charge in [-0.3, -0.25) is 0 Å². The second kappa shape index (κ2) is 6.70. The Kier molecular flexibility index (Phi) is 5.05. The Bertz CT molecular complexity index is 742. The lowest BCUT2D eigenvalue weighted by molar-refractivity contribution is -0.127. The molecule has 0 saturated carbocycles. The molecule has 3 heterocycles. The highest BCUT2D eigenvalue weighted by Gasteiger charge is 2.41. The topological polar surface area (TPSA) is 150 Å². The van der Waals surface area contributed by atoms with Crippen LogP contribution in [0.4, 0.5) is 5.82 Å². The van der Waals surface area contributed by atoms with Crippen LogP contribution in [0.2, 0.25) is 0 Å². The molecule has 2 aromatic rings. The zero-order valence-electron chi connectivity index (χ0n) is 13.5. The maximum atomic E-state index is 9.29. The van der Waals surface area contributed by atoms with Crippen molar-refractivity contribution in [1.82, 2.24) is 14.6 Å². The van der Waals surface area contributed by atoms with Gasteiger partial charge in [-0.05, 0) is 38.8 Å². The molecule has 9 nitrogen and oxygen atoms in total. The lowest BCUT2D eigenvalue weighted by Crippen LogP contribution is -2.30. The molecule has 3 rings (SSSR count). The molecule has 0 aromatic carbocycles. The van der Waals surface area contributed by atoms with Gasteiger partial charge in [0.1, 0.15) is 24.0 Å². The Morgan fingerprint density at radius 1 is 1.50 bits per heavy atom. The first-order valence-corrected chi connectivity index (χ1v) is 7.42. The average Bonchev–Trinajstić information content (AvgIpc) is 3.10. The van der Waals surface area contributed by atoms with Crippen molar-refractivity contribution < 1.29 is 20.1 Å². The summed E-state index contributed by atoms with van der Waals surface area (Å²) in [5.41, 5.74) is 6.19. The Balaban J connectivity index is 0.000000368. The summed E-state index contributed by atoms with van der Waals surface area (Å²) in [7, 11) is 0. The van der Waals surface area contributed by atoms with E-state index < -0.39 is 11.4 Å². The van der Waals surface area contributed by atoms with Crippen molar-refractivity contribution in [2.75, 3.05) is 12.3 Å². The molecule has 1 unspecified atom stereocenters. The van der Waals surface area contributed by atoms with E-state index in [0.717, 1.165) is 5.69 Å². The summed E-state index contributed by atoms with van der Waals surface area (Å²) in [6.07, 6.45) is 2.26. The summed E-state index contributed by atoms with van der Waals surface area (Å²) in [6, 6.07) is 5.72. The lowest BCUT2D eigenvalue weighted by atomic mass is 10.0. The third-order valence-electron chi connectivity index (χ3n) is 3.48. The van der Waals surface area contributed by atoms with Crippen LogP contribution in [-0.2, 0) is 4.74 Å². The van der Waals surface area contributed by atoms with Gasteiger partial charge < -0.3 is 25.8 Å². The van der Waals surface area contributed by atoms with Crippen molar-refractivity contribution in [2.24, 2.45) is 0 Å². The molecule has 0 amide bonds. The SMILES string of the molecule is CC(C)(O)O.N#C[C@@]1(CO)CCC(c2ccc3c(N)ncnn23)O1. The molecule has 0 radical (unpaired) electrons. The summed E-state index contributed by atoms with van der Waals surface area (Å²) in [5, 5.41) is 38.7. The minimum Gasteiger partial charge on any atom is -0.392 e. The van der Waals surface area contributed by atoms with Gasteiger partial charge in [0.2, 0.25) is 0 Å². The largest absolute Gasteiger partial charge is 0.392 e. The third-order valence-corrected chi connectivity index (χ3v) is 3.48. The number of rotatable bonds is 2. The van der Waals surface area contributed by atoms with Crippen molar-refractivity contribution in [1.29, 1.82) is 5.26 Å². The number of nitrogen functional groups attached to an aromatic ring is 1. The van der Waals surface area contributed by atoms with Gasteiger partial charge >= 0.3 is 0 Å². The van der Waals surface area contributed by atoms with Crippen LogP contribution < -0.4 is 5.73 Å². The average molecular weight is 335 g/mol. The van der Waals surface area contributed by atoms with Crippen LogP contribution in [0, 0.1) is 11.3 Å². The van der Waals surface area contributed by atoms with Gasteiger partial charge in [-0.2, -0.15) is 10.4 Å². The zero-order valence-corrected chi connectivity index (χ0v) is 13.5. The molecule has 130 valence electrons. The van der Waals surface area contributed by atoms with Gasteiger partial charge in [0, 0.05) is 0 Å². The van der Waals surface area contributed by atoms with Crippen LogP contribution in [0.5, 0.6) is 0 Å². The van der Waals surface area contributed by atoms with E-state index in [1.807, 2.05) is 18.2 Å². The predicted octanol–water partition coefficient (Wildman–Crippen LogP) is 0.125. The molecular weight excluding hydrogens is 314 g/mol. The number of nitriles is 1. The molecule has 24 heavy (non-hydrogen) atoms. The highest BCUT2D eigenvalue weighted by atomic mass is 16.5. The Hall–Kier alpha value is -2.25. The minimum atomic E-state index is -1.50. The lowest BCUT2D eigenvalue weighted by Gasteiger charge is -2.18. The van der Waals surface area contributed by atoms with Crippen molar-refractivity contribution >= 4 is 11.3 Å². The normalized spacial score (nSPS) is 23.6. The first kappa shape index (κ1) is 18.1. The number of fused-ring (bicyclic) bond motifs is 1. The molecule has 1 fully saturated rings. The second-order valence-corrected chi connectivity index (χ2v) is 6.10. The number of hydrogen-bond donors (Lipinski definition) is 4. The van der Waals surface area contributed by atoms with E-state index in [0.29, 0.717) is 24.2 Å². The van der Waals surface area contributed by atoms with Gasteiger partial charge in [0.25, 0.3) is 0 Å². The molecule has 0 bridgehead atoms. The van der Waals surface area contributed by atoms with Gasteiger partial charge in [0.15, 0.2) is 17.2 Å². The summed E-state index contributed by atoms with van der Waals surface area (Å²) in [4.78, 5) is 3.92. The second-order valence-electron chi connectivity index (χ2n) is 6.10. The first-order valence-electron chi connectivity index (χ1n) is 7.42. The van der Waals surface area contributed by atoms with Crippen LogP contribution in [0.15, 0.2) is 18.5 Å². The number of nitrogens with zero attached hydrogens (tertiary/aromatic N) is 4. The number of anilines is 1. The highest BCUT2D eigenvalue weighted by Crippen LogP contribution is 2.39. The van der Waals surface area contributed by atoms with E-state index in [2.05, 4.69) is 10.1 Å². The molecule has 9 heteroatoms. The quantitative estimate of drug-likeness (QED) is 0.565. The van der Waals surface area contributed by atoms with Crippen molar-refractivity contribution in [3.63, 3.8) is 0 Å².